The van der Waals surface area contributed by atoms with Crippen molar-refractivity contribution in [1.29, 1.82) is 0 Å². The second-order valence-electron chi connectivity index (χ2n) is 5.70. The Balaban J connectivity index is 1.80. The van der Waals surface area contributed by atoms with Gasteiger partial charge < -0.3 is 10.0 Å². The quantitative estimate of drug-likeness (QED) is 0.721. The highest BCUT2D eigenvalue weighted by Crippen LogP contribution is 2.26. The first-order valence-corrected chi connectivity index (χ1v) is 8.24. The summed E-state index contributed by atoms with van der Waals surface area (Å²) in [6, 6.07) is 21.3. The molecule has 0 heterocycles. The molecule has 0 aliphatic rings. The van der Waals surface area contributed by atoms with Crippen molar-refractivity contribution in [3.05, 3.63) is 77.9 Å². The van der Waals surface area contributed by atoms with Crippen molar-refractivity contribution in [2.75, 3.05) is 18.0 Å². The molecule has 0 aromatic heterocycles. The number of rotatable bonds is 4. The van der Waals surface area contributed by atoms with Crippen LogP contribution in [0.1, 0.15) is 22.8 Å². The van der Waals surface area contributed by atoms with E-state index in [0.717, 1.165) is 12.1 Å². The Morgan fingerprint density at radius 3 is 2.44 bits per heavy atom. The van der Waals surface area contributed by atoms with E-state index in [9.17, 15) is 4.79 Å². The number of carboxylic acid groups (broad SMARTS) is 1. The molecular formula is C22H19NO2. The van der Waals surface area contributed by atoms with Gasteiger partial charge in [0.25, 0.3) is 0 Å². The van der Waals surface area contributed by atoms with E-state index in [1.807, 2.05) is 6.07 Å². The molecule has 3 aromatic rings. The van der Waals surface area contributed by atoms with E-state index in [-0.39, 0.29) is 5.56 Å². The van der Waals surface area contributed by atoms with Crippen LogP contribution in [-0.2, 0) is 0 Å². The number of hydrogen-bond acceptors (Lipinski definition) is 2. The van der Waals surface area contributed by atoms with Gasteiger partial charge in [-0.25, -0.2) is 4.79 Å². The van der Waals surface area contributed by atoms with Crippen LogP contribution >= 0.6 is 0 Å². The summed E-state index contributed by atoms with van der Waals surface area (Å²) in [5.74, 6) is 5.38. The monoisotopic (exact) mass is 329 g/mol. The van der Waals surface area contributed by atoms with E-state index < -0.39 is 5.97 Å². The zero-order valence-corrected chi connectivity index (χ0v) is 14.1. The van der Waals surface area contributed by atoms with Gasteiger partial charge in [0, 0.05) is 23.2 Å². The van der Waals surface area contributed by atoms with Crippen molar-refractivity contribution in [1.82, 2.24) is 0 Å². The third-order valence-corrected chi connectivity index (χ3v) is 4.12. The molecule has 0 spiro atoms. The van der Waals surface area contributed by atoms with Gasteiger partial charge in [-0.3, -0.25) is 0 Å². The van der Waals surface area contributed by atoms with Gasteiger partial charge in [0.2, 0.25) is 0 Å². The zero-order valence-electron chi connectivity index (χ0n) is 14.1. The summed E-state index contributed by atoms with van der Waals surface area (Å²) in [4.78, 5) is 13.1. The topological polar surface area (TPSA) is 40.5 Å². The van der Waals surface area contributed by atoms with Gasteiger partial charge in [0.15, 0.2) is 0 Å². The average molecular weight is 329 g/mol. The van der Waals surface area contributed by atoms with Gasteiger partial charge in [-0.15, -0.1) is 0 Å². The molecule has 25 heavy (non-hydrogen) atoms. The maximum atomic E-state index is 10.9. The Hall–Kier alpha value is -3.25. The van der Waals surface area contributed by atoms with E-state index in [1.54, 1.807) is 24.3 Å². The van der Waals surface area contributed by atoms with E-state index >= 15 is 0 Å². The van der Waals surface area contributed by atoms with Crippen LogP contribution in [0.4, 0.5) is 5.69 Å². The van der Waals surface area contributed by atoms with Crippen LogP contribution in [0.2, 0.25) is 0 Å². The predicted molar refractivity (Wildman–Crippen MR) is 102 cm³/mol. The minimum absolute atomic E-state index is 0.275. The van der Waals surface area contributed by atoms with E-state index in [2.05, 4.69) is 60.1 Å². The number of hydrogen-bond donors (Lipinski definition) is 1. The molecule has 0 amide bonds. The van der Waals surface area contributed by atoms with Crippen molar-refractivity contribution < 1.29 is 9.90 Å². The standard InChI is InChI=1S/C22H19NO2/c1-2-23(21-11-5-9-18-8-3-4-10-20(18)21)16-6-7-17-12-14-19(15-13-17)22(24)25/h3-5,8-15H,2,16H2,1H3,(H,24,25). The van der Waals surface area contributed by atoms with Crippen LogP contribution < -0.4 is 4.90 Å². The van der Waals surface area contributed by atoms with E-state index in [0.29, 0.717) is 6.54 Å². The molecule has 0 aliphatic heterocycles. The lowest BCUT2D eigenvalue weighted by Gasteiger charge is -2.22. The summed E-state index contributed by atoms with van der Waals surface area (Å²) in [7, 11) is 0. The van der Waals surface area contributed by atoms with Gasteiger partial charge in [0.1, 0.15) is 0 Å². The number of nitrogens with zero attached hydrogens (tertiary/aromatic N) is 1. The van der Waals surface area contributed by atoms with Crippen molar-refractivity contribution in [3.63, 3.8) is 0 Å². The summed E-state index contributed by atoms with van der Waals surface area (Å²) < 4.78 is 0. The second-order valence-corrected chi connectivity index (χ2v) is 5.70. The number of fused-ring (bicyclic) bond motifs is 1. The highest BCUT2D eigenvalue weighted by molar-refractivity contribution is 5.94. The van der Waals surface area contributed by atoms with Gasteiger partial charge in [-0.2, -0.15) is 0 Å². The SMILES string of the molecule is CCN(CC#Cc1ccc(C(=O)O)cc1)c1cccc2ccccc12. The van der Waals surface area contributed by atoms with Crippen LogP contribution in [0.3, 0.4) is 0 Å². The first kappa shape index (κ1) is 16.6. The largest absolute Gasteiger partial charge is 0.478 e. The van der Waals surface area contributed by atoms with Crippen molar-refractivity contribution in [2.45, 2.75) is 6.92 Å². The lowest BCUT2D eigenvalue weighted by Crippen LogP contribution is -2.23. The molecule has 0 radical (unpaired) electrons. The minimum Gasteiger partial charge on any atom is -0.478 e. The fraction of sp³-hybridized carbons (Fsp3) is 0.136. The number of carbonyl (C=O) groups is 1. The molecule has 3 nitrogen and oxygen atoms in total. The minimum atomic E-state index is -0.923. The lowest BCUT2D eigenvalue weighted by atomic mass is 10.1. The van der Waals surface area contributed by atoms with Crippen LogP contribution in [0.25, 0.3) is 10.8 Å². The first-order valence-electron chi connectivity index (χ1n) is 8.24. The molecule has 1 N–H and O–H groups in total. The van der Waals surface area contributed by atoms with Gasteiger partial charge in [-0.05, 0) is 42.6 Å². The zero-order chi connectivity index (χ0) is 17.6. The molecule has 3 heteroatoms. The maximum absolute atomic E-state index is 10.9. The molecular weight excluding hydrogens is 310 g/mol. The van der Waals surface area contributed by atoms with Crippen LogP contribution in [0.15, 0.2) is 66.7 Å². The molecule has 0 unspecified atom stereocenters. The molecule has 0 fully saturated rings. The second kappa shape index (κ2) is 7.55. The third-order valence-electron chi connectivity index (χ3n) is 4.12. The molecule has 0 aliphatic carbocycles. The molecule has 0 bridgehead atoms. The van der Waals surface area contributed by atoms with Crippen molar-refractivity contribution in [3.8, 4) is 11.8 Å². The summed E-state index contributed by atoms with van der Waals surface area (Å²) in [5.41, 5.74) is 2.27. The van der Waals surface area contributed by atoms with Crippen LogP contribution in [0, 0.1) is 11.8 Å². The highest BCUT2D eigenvalue weighted by atomic mass is 16.4. The van der Waals surface area contributed by atoms with Gasteiger partial charge >= 0.3 is 5.97 Å². The summed E-state index contributed by atoms with van der Waals surface area (Å²) in [6.45, 7) is 3.59. The number of anilines is 1. The van der Waals surface area contributed by atoms with Gasteiger partial charge in [-0.1, -0.05) is 48.2 Å². The van der Waals surface area contributed by atoms with Crippen molar-refractivity contribution in [2.24, 2.45) is 0 Å². The third kappa shape index (κ3) is 3.81. The van der Waals surface area contributed by atoms with Gasteiger partial charge in [0.05, 0.1) is 12.1 Å². The van der Waals surface area contributed by atoms with E-state index in [1.165, 1.54) is 16.5 Å². The Kier molecular flexibility index (Phi) is 5.01. The average Bonchev–Trinajstić information content (AvgIpc) is 2.65. The summed E-state index contributed by atoms with van der Waals surface area (Å²) >= 11 is 0. The molecule has 124 valence electrons. The maximum Gasteiger partial charge on any atom is 0.335 e. The highest BCUT2D eigenvalue weighted by Gasteiger charge is 2.06. The Morgan fingerprint density at radius 1 is 1.00 bits per heavy atom. The summed E-state index contributed by atoms with van der Waals surface area (Å²) in [5, 5.41) is 11.4. The molecule has 0 atom stereocenters. The van der Waals surface area contributed by atoms with Crippen LogP contribution in [-0.4, -0.2) is 24.2 Å². The summed E-state index contributed by atoms with van der Waals surface area (Å²) in [6.07, 6.45) is 0. The Morgan fingerprint density at radius 2 is 1.72 bits per heavy atom. The first-order chi connectivity index (χ1) is 12.2. The van der Waals surface area contributed by atoms with Crippen molar-refractivity contribution >= 4 is 22.4 Å². The normalized spacial score (nSPS) is 10.1. The number of carboxylic acids is 1. The van der Waals surface area contributed by atoms with E-state index in [4.69, 9.17) is 5.11 Å². The van der Waals surface area contributed by atoms with Crippen LogP contribution in [0.5, 0.6) is 0 Å². The molecule has 0 saturated heterocycles. The molecule has 0 saturated carbocycles. The smallest absolute Gasteiger partial charge is 0.335 e. The number of benzene rings is 3. The fourth-order valence-corrected chi connectivity index (χ4v) is 2.78. The Labute approximate surface area is 147 Å². The Bertz CT molecular complexity index is 944. The molecule has 3 rings (SSSR count). The molecule has 3 aromatic carbocycles. The number of aromatic carboxylic acids is 1. The fourth-order valence-electron chi connectivity index (χ4n) is 2.78. The lowest BCUT2D eigenvalue weighted by molar-refractivity contribution is 0.0697. The predicted octanol–water partition coefficient (Wildman–Crippen LogP) is 4.42.